The minimum absolute atomic E-state index is 0.465. The van der Waals surface area contributed by atoms with Gasteiger partial charge in [0.05, 0.1) is 0 Å². The van der Waals surface area contributed by atoms with E-state index in [1.54, 1.807) is 0 Å². The lowest BCUT2D eigenvalue weighted by Gasteiger charge is -2.14. The van der Waals surface area contributed by atoms with Crippen LogP contribution in [-0.4, -0.2) is 19.1 Å². The number of pyridine rings is 1. The van der Waals surface area contributed by atoms with E-state index in [0.29, 0.717) is 5.92 Å². The van der Waals surface area contributed by atoms with Gasteiger partial charge in [-0.05, 0) is 41.8 Å². The first kappa shape index (κ1) is 33.1. The molecule has 0 radical (unpaired) electrons. The van der Waals surface area contributed by atoms with Crippen molar-refractivity contribution in [3.05, 3.63) is 66.0 Å². The van der Waals surface area contributed by atoms with Crippen LogP contribution >= 0.6 is 0 Å². The van der Waals surface area contributed by atoms with Gasteiger partial charge in [0.1, 0.15) is 0 Å². The number of hydrogen-bond acceptors (Lipinski definition) is 2. The molecule has 0 saturated heterocycles. The number of nitrogens with zero attached hydrogens (tertiary/aromatic N) is 2. The van der Waals surface area contributed by atoms with E-state index in [9.17, 15) is 0 Å². The highest BCUT2D eigenvalue weighted by Crippen LogP contribution is 2.25. The Morgan fingerprint density at radius 3 is 1.46 bits per heavy atom. The molecule has 218 valence electrons. The first-order chi connectivity index (χ1) is 19.2. The number of anilines is 1. The second-order valence-electron chi connectivity index (χ2n) is 11.9. The van der Waals surface area contributed by atoms with Crippen molar-refractivity contribution in [1.29, 1.82) is 0 Å². The summed E-state index contributed by atoms with van der Waals surface area (Å²) in [5, 5.41) is 0. The minimum Gasteiger partial charge on any atom is -0.378 e. The van der Waals surface area contributed by atoms with Crippen LogP contribution in [0.3, 0.4) is 0 Å². The summed E-state index contributed by atoms with van der Waals surface area (Å²) >= 11 is 0. The Kier molecular flexibility index (Phi) is 19.3. The molecule has 0 aliphatic rings. The van der Waals surface area contributed by atoms with Crippen LogP contribution in [0.25, 0.3) is 6.08 Å². The quantitative estimate of drug-likeness (QED) is 0.125. The molecular formula is C37H60N2. The summed E-state index contributed by atoms with van der Waals surface area (Å²) in [6, 6.07) is 13.2. The van der Waals surface area contributed by atoms with Crippen molar-refractivity contribution in [2.24, 2.45) is 0 Å². The molecule has 1 aromatic heterocycles. The Morgan fingerprint density at radius 1 is 0.590 bits per heavy atom. The third-order valence-corrected chi connectivity index (χ3v) is 8.18. The molecule has 2 heteroatoms. The maximum atomic E-state index is 4.23. The van der Waals surface area contributed by atoms with E-state index in [-0.39, 0.29) is 0 Å². The smallest absolute Gasteiger partial charge is 0.0361 e. The van der Waals surface area contributed by atoms with Crippen molar-refractivity contribution in [3.63, 3.8) is 0 Å². The van der Waals surface area contributed by atoms with Gasteiger partial charge in [-0.2, -0.15) is 0 Å². The summed E-state index contributed by atoms with van der Waals surface area (Å²) in [6.07, 6.45) is 36.9. The lowest BCUT2D eigenvalue weighted by Crippen LogP contribution is -2.07. The molecule has 39 heavy (non-hydrogen) atoms. The van der Waals surface area contributed by atoms with Crippen LogP contribution in [-0.2, 0) is 0 Å². The van der Waals surface area contributed by atoms with Gasteiger partial charge in [0.25, 0.3) is 0 Å². The SMILES string of the molecule is CCCCCCCCCCCCCCCCCCCCCC(/C=C/c1ccc(N(C)C)cc1)c1ccncc1. The third-order valence-electron chi connectivity index (χ3n) is 8.18. The van der Waals surface area contributed by atoms with E-state index in [1.807, 2.05) is 12.4 Å². The average Bonchev–Trinajstić information content (AvgIpc) is 2.96. The average molecular weight is 533 g/mol. The summed E-state index contributed by atoms with van der Waals surface area (Å²) in [5.41, 5.74) is 3.90. The number of allylic oxidation sites excluding steroid dienone is 1. The van der Waals surface area contributed by atoms with Crippen LogP contribution in [0.1, 0.15) is 152 Å². The maximum absolute atomic E-state index is 4.23. The zero-order valence-corrected chi connectivity index (χ0v) is 25.9. The summed E-state index contributed by atoms with van der Waals surface area (Å²) in [5.74, 6) is 0.465. The normalized spacial score (nSPS) is 12.3. The molecule has 0 N–H and O–H groups in total. The topological polar surface area (TPSA) is 16.1 Å². The Morgan fingerprint density at radius 2 is 1.03 bits per heavy atom. The minimum atomic E-state index is 0.465. The molecule has 1 atom stereocenters. The van der Waals surface area contributed by atoms with Gasteiger partial charge in [-0.25, -0.2) is 0 Å². The lowest BCUT2D eigenvalue weighted by molar-refractivity contribution is 0.520. The molecule has 2 rings (SSSR count). The van der Waals surface area contributed by atoms with Crippen LogP contribution in [0.15, 0.2) is 54.9 Å². The third kappa shape index (κ3) is 16.6. The van der Waals surface area contributed by atoms with Gasteiger partial charge in [0, 0.05) is 38.1 Å². The molecular weight excluding hydrogens is 472 g/mol. The first-order valence-electron chi connectivity index (χ1n) is 16.6. The van der Waals surface area contributed by atoms with Gasteiger partial charge in [-0.15, -0.1) is 0 Å². The molecule has 1 unspecified atom stereocenters. The van der Waals surface area contributed by atoms with Crippen molar-refractivity contribution in [1.82, 2.24) is 4.98 Å². The van der Waals surface area contributed by atoms with Crippen molar-refractivity contribution in [2.45, 2.75) is 141 Å². The highest BCUT2D eigenvalue weighted by atomic mass is 15.1. The molecule has 0 bridgehead atoms. The summed E-state index contributed by atoms with van der Waals surface area (Å²) in [7, 11) is 4.18. The fourth-order valence-electron chi connectivity index (χ4n) is 5.54. The zero-order chi connectivity index (χ0) is 27.8. The standard InChI is InChI=1S/C37H60N2/c1-4-5-6-7-8-9-10-11-12-13-14-15-16-17-18-19-20-21-22-23-35(36-30-32-38-33-31-36)27-24-34-25-28-37(29-26-34)39(2)3/h24-33,35H,4-23H2,1-3H3/b27-24+. The van der Waals surface area contributed by atoms with Crippen LogP contribution < -0.4 is 4.90 Å². The first-order valence-corrected chi connectivity index (χ1v) is 16.6. The summed E-state index contributed by atoms with van der Waals surface area (Å²) in [6.45, 7) is 2.30. The van der Waals surface area contributed by atoms with Crippen molar-refractivity contribution in [3.8, 4) is 0 Å². The molecule has 2 aromatic rings. The largest absolute Gasteiger partial charge is 0.378 e. The van der Waals surface area contributed by atoms with Crippen LogP contribution in [0.5, 0.6) is 0 Å². The fourth-order valence-corrected chi connectivity index (χ4v) is 5.54. The monoisotopic (exact) mass is 532 g/mol. The molecule has 0 amide bonds. The Labute approximate surface area is 242 Å². The summed E-state index contributed by atoms with van der Waals surface area (Å²) < 4.78 is 0. The van der Waals surface area contributed by atoms with E-state index in [0.717, 1.165) is 0 Å². The van der Waals surface area contributed by atoms with Gasteiger partial charge < -0.3 is 4.90 Å². The van der Waals surface area contributed by atoms with E-state index >= 15 is 0 Å². The van der Waals surface area contributed by atoms with Crippen molar-refractivity contribution in [2.75, 3.05) is 19.0 Å². The van der Waals surface area contributed by atoms with Gasteiger partial charge in [0.2, 0.25) is 0 Å². The second kappa shape index (κ2) is 22.7. The fraction of sp³-hybridized carbons (Fsp3) is 0.649. The molecule has 0 aliphatic heterocycles. The molecule has 1 heterocycles. The van der Waals surface area contributed by atoms with Crippen LogP contribution in [0.4, 0.5) is 5.69 Å². The predicted molar refractivity (Wildman–Crippen MR) is 175 cm³/mol. The van der Waals surface area contributed by atoms with E-state index in [4.69, 9.17) is 0 Å². The van der Waals surface area contributed by atoms with Gasteiger partial charge in [0.15, 0.2) is 0 Å². The van der Waals surface area contributed by atoms with Crippen molar-refractivity contribution >= 4 is 11.8 Å². The van der Waals surface area contributed by atoms with E-state index in [1.165, 1.54) is 145 Å². The number of aromatic nitrogens is 1. The molecule has 0 aliphatic carbocycles. The number of benzene rings is 1. The Bertz CT molecular complexity index is 824. The molecule has 1 aromatic carbocycles. The van der Waals surface area contributed by atoms with E-state index in [2.05, 4.69) is 79.5 Å². The Hall–Kier alpha value is -2.09. The summed E-state index contributed by atoms with van der Waals surface area (Å²) in [4.78, 5) is 6.38. The predicted octanol–water partition coefficient (Wildman–Crippen LogP) is 11.8. The molecule has 0 spiro atoms. The number of hydrogen-bond donors (Lipinski definition) is 0. The molecule has 0 fully saturated rings. The Balaban J connectivity index is 1.49. The number of rotatable bonds is 24. The highest BCUT2D eigenvalue weighted by molar-refractivity contribution is 5.56. The molecule has 0 saturated carbocycles. The number of unbranched alkanes of at least 4 members (excludes halogenated alkanes) is 18. The van der Waals surface area contributed by atoms with E-state index < -0.39 is 0 Å². The van der Waals surface area contributed by atoms with Gasteiger partial charge >= 0.3 is 0 Å². The lowest BCUT2D eigenvalue weighted by atomic mass is 9.92. The maximum Gasteiger partial charge on any atom is 0.0361 e. The van der Waals surface area contributed by atoms with Crippen LogP contribution in [0.2, 0.25) is 0 Å². The zero-order valence-electron chi connectivity index (χ0n) is 25.9. The molecule has 2 nitrogen and oxygen atoms in total. The second-order valence-corrected chi connectivity index (χ2v) is 11.9. The van der Waals surface area contributed by atoms with Crippen molar-refractivity contribution < 1.29 is 0 Å². The van der Waals surface area contributed by atoms with Gasteiger partial charge in [-0.3, -0.25) is 4.98 Å². The van der Waals surface area contributed by atoms with Crippen LogP contribution in [0, 0.1) is 0 Å². The van der Waals surface area contributed by atoms with Gasteiger partial charge in [-0.1, -0.05) is 153 Å². The highest BCUT2D eigenvalue weighted by Gasteiger charge is 2.08.